The molecule has 0 heterocycles. The molecule has 18 heavy (non-hydrogen) atoms. The molecule has 1 aliphatic carbocycles. The highest BCUT2D eigenvalue weighted by atomic mass is 16.5. The van der Waals surface area contributed by atoms with E-state index in [9.17, 15) is 4.79 Å². The Kier molecular flexibility index (Phi) is 5.20. The predicted octanol–water partition coefficient (Wildman–Crippen LogP) is 3.13. The third-order valence-electron chi connectivity index (χ3n) is 4.11. The average molecular weight is 255 g/mol. The highest BCUT2D eigenvalue weighted by Crippen LogP contribution is 2.38. The maximum absolute atomic E-state index is 12.2. The van der Waals surface area contributed by atoms with Crippen molar-refractivity contribution in [1.29, 1.82) is 0 Å². The molecule has 0 amide bonds. The van der Waals surface area contributed by atoms with Crippen LogP contribution in [-0.2, 0) is 9.53 Å². The lowest BCUT2D eigenvalue weighted by molar-refractivity contribution is -0.149. The van der Waals surface area contributed by atoms with Crippen molar-refractivity contribution in [1.82, 2.24) is 5.32 Å². The van der Waals surface area contributed by atoms with Gasteiger partial charge < -0.3 is 10.1 Å². The molecule has 0 aromatic heterocycles. The molecule has 0 saturated heterocycles. The van der Waals surface area contributed by atoms with E-state index >= 15 is 0 Å². The second-order valence-electron chi connectivity index (χ2n) is 6.87. The quantitative estimate of drug-likeness (QED) is 0.619. The van der Waals surface area contributed by atoms with Gasteiger partial charge >= 0.3 is 5.97 Å². The van der Waals surface area contributed by atoms with Crippen molar-refractivity contribution >= 4 is 5.97 Å². The van der Waals surface area contributed by atoms with Crippen LogP contribution in [0.4, 0.5) is 0 Å². The maximum Gasteiger partial charge on any atom is 0.326 e. The first-order chi connectivity index (χ1) is 8.31. The van der Waals surface area contributed by atoms with Gasteiger partial charge in [-0.15, -0.1) is 0 Å². The Hall–Kier alpha value is -0.570. The largest absolute Gasteiger partial charge is 0.468 e. The number of carbonyl (C=O) groups excluding carboxylic acids is 1. The highest BCUT2D eigenvalue weighted by molar-refractivity contribution is 5.80. The van der Waals surface area contributed by atoms with Crippen LogP contribution in [0.3, 0.4) is 0 Å². The van der Waals surface area contributed by atoms with Gasteiger partial charge in [0.05, 0.1) is 7.11 Å². The second kappa shape index (κ2) is 6.05. The van der Waals surface area contributed by atoms with E-state index in [0.29, 0.717) is 11.3 Å². The predicted molar refractivity (Wildman–Crippen MR) is 74.5 cm³/mol. The molecule has 0 aliphatic heterocycles. The summed E-state index contributed by atoms with van der Waals surface area (Å²) in [5.74, 6) is 0.462. The Morgan fingerprint density at radius 1 is 1.22 bits per heavy atom. The second-order valence-corrected chi connectivity index (χ2v) is 6.87. The Bertz CT molecular complexity index is 286. The van der Waals surface area contributed by atoms with Crippen LogP contribution in [-0.4, -0.2) is 25.2 Å². The Morgan fingerprint density at radius 2 is 1.89 bits per heavy atom. The standard InChI is InChI=1S/C15H29NO2/c1-12(2)11-16-15(13(17)18-5)8-6-7-14(3,4)9-10-15/h12,16H,6-11H2,1-5H3. The first kappa shape index (κ1) is 15.5. The Balaban J connectivity index is 2.80. The molecule has 0 bridgehead atoms. The average Bonchev–Trinajstić information content (AvgIpc) is 2.45. The van der Waals surface area contributed by atoms with Crippen LogP contribution in [0.2, 0.25) is 0 Å². The van der Waals surface area contributed by atoms with Gasteiger partial charge in [0.1, 0.15) is 5.54 Å². The first-order valence-electron chi connectivity index (χ1n) is 7.15. The molecule has 1 aliphatic rings. The topological polar surface area (TPSA) is 38.3 Å². The molecule has 3 heteroatoms. The van der Waals surface area contributed by atoms with Crippen molar-refractivity contribution in [3.05, 3.63) is 0 Å². The summed E-state index contributed by atoms with van der Waals surface area (Å²) in [6.07, 6.45) is 5.14. The molecule has 1 saturated carbocycles. The van der Waals surface area contributed by atoms with Crippen LogP contribution in [0.5, 0.6) is 0 Å². The normalized spacial score (nSPS) is 27.9. The highest BCUT2D eigenvalue weighted by Gasteiger charge is 2.42. The number of hydrogen-bond donors (Lipinski definition) is 1. The molecule has 0 spiro atoms. The van der Waals surface area contributed by atoms with Crippen molar-refractivity contribution in [2.24, 2.45) is 11.3 Å². The minimum atomic E-state index is -0.452. The molecule has 3 nitrogen and oxygen atoms in total. The fraction of sp³-hybridized carbons (Fsp3) is 0.933. The summed E-state index contributed by atoms with van der Waals surface area (Å²) in [6.45, 7) is 9.79. The molecule has 0 aromatic rings. The number of methoxy groups -OCH3 is 1. The number of carbonyl (C=O) groups is 1. The van der Waals surface area contributed by atoms with Crippen molar-refractivity contribution < 1.29 is 9.53 Å². The van der Waals surface area contributed by atoms with E-state index in [1.807, 2.05) is 0 Å². The lowest BCUT2D eigenvalue weighted by Crippen LogP contribution is -2.53. The van der Waals surface area contributed by atoms with Crippen LogP contribution in [0, 0.1) is 11.3 Å². The van der Waals surface area contributed by atoms with Gasteiger partial charge in [-0.25, -0.2) is 0 Å². The van der Waals surface area contributed by atoms with E-state index in [2.05, 4.69) is 33.0 Å². The molecule has 1 fully saturated rings. The van der Waals surface area contributed by atoms with Gasteiger partial charge in [0, 0.05) is 0 Å². The van der Waals surface area contributed by atoms with Crippen molar-refractivity contribution in [2.45, 2.75) is 65.3 Å². The van der Waals surface area contributed by atoms with E-state index in [1.54, 1.807) is 0 Å². The van der Waals surface area contributed by atoms with E-state index in [4.69, 9.17) is 4.74 Å². The SMILES string of the molecule is COC(=O)C1(NCC(C)C)CCCC(C)(C)CC1. The van der Waals surface area contributed by atoms with Gasteiger partial charge in [-0.2, -0.15) is 0 Å². The van der Waals surface area contributed by atoms with E-state index in [-0.39, 0.29) is 5.97 Å². The lowest BCUT2D eigenvalue weighted by atomic mass is 9.83. The Labute approximate surface area is 112 Å². The molecule has 0 aromatic carbocycles. The zero-order valence-electron chi connectivity index (χ0n) is 12.6. The zero-order valence-corrected chi connectivity index (χ0v) is 12.6. The van der Waals surface area contributed by atoms with Crippen LogP contribution < -0.4 is 5.32 Å². The van der Waals surface area contributed by atoms with Crippen molar-refractivity contribution in [3.8, 4) is 0 Å². The van der Waals surface area contributed by atoms with Gasteiger partial charge in [-0.05, 0) is 43.6 Å². The molecule has 1 N–H and O–H groups in total. The minimum Gasteiger partial charge on any atom is -0.468 e. The number of rotatable bonds is 4. The molecular weight excluding hydrogens is 226 g/mol. The van der Waals surface area contributed by atoms with Crippen molar-refractivity contribution in [2.75, 3.05) is 13.7 Å². The van der Waals surface area contributed by atoms with Crippen LogP contribution in [0.1, 0.15) is 59.8 Å². The van der Waals surface area contributed by atoms with E-state index in [0.717, 1.165) is 32.2 Å². The van der Waals surface area contributed by atoms with Crippen LogP contribution in [0.15, 0.2) is 0 Å². The van der Waals surface area contributed by atoms with E-state index < -0.39 is 5.54 Å². The third-order valence-corrected chi connectivity index (χ3v) is 4.11. The van der Waals surface area contributed by atoms with Crippen LogP contribution >= 0.6 is 0 Å². The van der Waals surface area contributed by atoms with Gasteiger partial charge in [0.25, 0.3) is 0 Å². The number of nitrogens with one attached hydrogen (secondary N) is 1. The van der Waals surface area contributed by atoms with Gasteiger partial charge in [0.2, 0.25) is 0 Å². The third kappa shape index (κ3) is 3.98. The summed E-state index contributed by atoms with van der Waals surface area (Å²) < 4.78 is 5.05. The number of esters is 1. The summed E-state index contributed by atoms with van der Waals surface area (Å²) in [7, 11) is 1.50. The van der Waals surface area contributed by atoms with E-state index in [1.165, 1.54) is 13.5 Å². The van der Waals surface area contributed by atoms with Crippen LogP contribution in [0.25, 0.3) is 0 Å². The summed E-state index contributed by atoms with van der Waals surface area (Å²) >= 11 is 0. The smallest absolute Gasteiger partial charge is 0.326 e. The molecule has 1 atom stereocenters. The molecule has 1 unspecified atom stereocenters. The van der Waals surface area contributed by atoms with Gasteiger partial charge in [-0.3, -0.25) is 4.79 Å². The fourth-order valence-electron chi connectivity index (χ4n) is 2.72. The maximum atomic E-state index is 12.2. The molecular formula is C15H29NO2. The fourth-order valence-corrected chi connectivity index (χ4v) is 2.72. The molecule has 0 radical (unpaired) electrons. The first-order valence-corrected chi connectivity index (χ1v) is 7.15. The molecule has 106 valence electrons. The monoisotopic (exact) mass is 255 g/mol. The summed E-state index contributed by atoms with van der Waals surface area (Å²) in [4.78, 5) is 12.2. The number of ether oxygens (including phenoxy) is 1. The lowest BCUT2D eigenvalue weighted by Gasteiger charge is -2.32. The summed E-state index contributed by atoms with van der Waals surface area (Å²) in [5, 5.41) is 3.49. The van der Waals surface area contributed by atoms with Crippen molar-refractivity contribution in [3.63, 3.8) is 0 Å². The number of hydrogen-bond acceptors (Lipinski definition) is 3. The Morgan fingerprint density at radius 3 is 2.44 bits per heavy atom. The summed E-state index contributed by atoms with van der Waals surface area (Å²) in [5.41, 5.74) is -0.109. The van der Waals surface area contributed by atoms with Gasteiger partial charge in [-0.1, -0.05) is 34.1 Å². The molecule has 1 rings (SSSR count). The summed E-state index contributed by atoms with van der Waals surface area (Å²) in [6, 6.07) is 0. The zero-order chi connectivity index (χ0) is 13.8. The minimum absolute atomic E-state index is 0.0825. The van der Waals surface area contributed by atoms with Gasteiger partial charge in [0.15, 0.2) is 0 Å².